The highest BCUT2D eigenvalue weighted by Crippen LogP contribution is 2.01. The molecule has 0 fully saturated rings. The van der Waals surface area contributed by atoms with Gasteiger partial charge < -0.3 is 0 Å². The number of aromatic nitrogens is 3. The van der Waals surface area contributed by atoms with E-state index in [1.807, 2.05) is 0 Å². The fraction of sp³-hybridized carbons (Fsp3) is 0.500. The van der Waals surface area contributed by atoms with Crippen LogP contribution < -0.4 is 0 Å². The summed E-state index contributed by atoms with van der Waals surface area (Å²) in [5.41, 5.74) is 0.106. The average Bonchev–Trinajstić information content (AvgIpc) is 2.10. The summed E-state index contributed by atoms with van der Waals surface area (Å²) in [5, 5.41) is 7.16. The van der Waals surface area contributed by atoms with E-state index < -0.39 is 16.0 Å². The van der Waals surface area contributed by atoms with Crippen LogP contribution in [0.2, 0.25) is 0 Å². The molecule has 0 spiro atoms. The summed E-state index contributed by atoms with van der Waals surface area (Å²) >= 11 is 0. The molecule has 0 aromatic carbocycles. The summed E-state index contributed by atoms with van der Waals surface area (Å²) < 4.78 is 32.1. The van der Waals surface area contributed by atoms with Gasteiger partial charge in [0.05, 0.1) is 6.20 Å². The maximum Gasteiger partial charge on any atom is 0.308 e. The van der Waals surface area contributed by atoms with E-state index in [9.17, 15) is 12.3 Å². The van der Waals surface area contributed by atoms with Crippen LogP contribution in [0.4, 0.5) is 3.89 Å². The summed E-state index contributed by atoms with van der Waals surface area (Å²) in [5.74, 6) is -0.708. The van der Waals surface area contributed by atoms with E-state index >= 15 is 0 Å². The standard InChI is InChI=1S/C4H6FN3O2S/c1-8-6-2-4(7-8)3-11(5,9)10/h2H,3H2,1H3. The van der Waals surface area contributed by atoms with Crippen molar-refractivity contribution >= 4 is 10.2 Å². The highest BCUT2D eigenvalue weighted by atomic mass is 32.3. The third kappa shape index (κ3) is 2.62. The maximum absolute atomic E-state index is 12.0. The van der Waals surface area contributed by atoms with Crippen molar-refractivity contribution in [2.75, 3.05) is 0 Å². The predicted molar refractivity (Wildman–Crippen MR) is 34.7 cm³/mol. The Bertz CT molecular complexity index is 344. The van der Waals surface area contributed by atoms with Crippen LogP contribution in [-0.2, 0) is 23.0 Å². The number of hydrogen-bond donors (Lipinski definition) is 0. The van der Waals surface area contributed by atoms with Gasteiger partial charge in [-0.3, -0.25) is 0 Å². The van der Waals surface area contributed by atoms with Crippen molar-refractivity contribution in [1.29, 1.82) is 0 Å². The van der Waals surface area contributed by atoms with Gasteiger partial charge in [0.1, 0.15) is 11.4 Å². The second-order valence-corrected chi connectivity index (χ2v) is 3.37. The quantitative estimate of drug-likeness (QED) is 0.580. The van der Waals surface area contributed by atoms with Gasteiger partial charge in [-0.2, -0.15) is 23.4 Å². The number of hydrogen-bond acceptors (Lipinski definition) is 4. The van der Waals surface area contributed by atoms with Gasteiger partial charge >= 0.3 is 10.2 Å². The van der Waals surface area contributed by atoms with Crippen LogP contribution in [0, 0.1) is 0 Å². The zero-order chi connectivity index (χ0) is 8.48. The molecule has 1 rings (SSSR count). The number of rotatable bonds is 2. The van der Waals surface area contributed by atoms with Gasteiger partial charge in [0.2, 0.25) is 0 Å². The first-order valence-electron chi connectivity index (χ1n) is 2.75. The Morgan fingerprint density at radius 3 is 2.73 bits per heavy atom. The molecule has 1 heterocycles. The van der Waals surface area contributed by atoms with Crippen LogP contribution in [0.5, 0.6) is 0 Å². The Morgan fingerprint density at radius 2 is 2.36 bits per heavy atom. The highest BCUT2D eigenvalue weighted by molar-refractivity contribution is 7.85. The molecule has 1 aromatic rings. The average molecular weight is 179 g/mol. The molecular weight excluding hydrogens is 173 g/mol. The molecule has 0 radical (unpaired) electrons. The van der Waals surface area contributed by atoms with E-state index in [1.165, 1.54) is 18.0 Å². The Labute approximate surface area is 63.0 Å². The van der Waals surface area contributed by atoms with Crippen LogP contribution in [-0.4, -0.2) is 23.4 Å². The van der Waals surface area contributed by atoms with Gasteiger partial charge in [-0.05, 0) is 0 Å². The zero-order valence-electron chi connectivity index (χ0n) is 5.73. The lowest BCUT2D eigenvalue weighted by Crippen LogP contribution is -1.98. The second kappa shape index (κ2) is 2.57. The van der Waals surface area contributed by atoms with Crippen molar-refractivity contribution in [2.45, 2.75) is 5.75 Å². The van der Waals surface area contributed by atoms with Crippen molar-refractivity contribution in [1.82, 2.24) is 15.0 Å². The van der Waals surface area contributed by atoms with Gasteiger partial charge in [0, 0.05) is 7.05 Å². The third-order valence-corrected chi connectivity index (χ3v) is 1.61. The molecule has 0 unspecified atom stereocenters. The van der Waals surface area contributed by atoms with Gasteiger partial charge in [-0.1, -0.05) is 0 Å². The maximum atomic E-state index is 12.0. The minimum absolute atomic E-state index is 0.106. The topological polar surface area (TPSA) is 64.8 Å². The minimum atomic E-state index is -4.48. The van der Waals surface area contributed by atoms with Crippen LogP contribution in [0.15, 0.2) is 6.20 Å². The van der Waals surface area contributed by atoms with E-state index in [2.05, 4.69) is 10.2 Å². The monoisotopic (exact) mass is 179 g/mol. The summed E-state index contributed by atoms with van der Waals surface area (Å²) in [7, 11) is -2.96. The summed E-state index contributed by atoms with van der Waals surface area (Å²) in [6, 6.07) is 0. The second-order valence-electron chi connectivity index (χ2n) is 2.01. The van der Waals surface area contributed by atoms with E-state index in [-0.39, 0.29) is 5.69 Å². The summed E-state index contributed by atoms with van der Waals surface area (Å²) in [4.78, 5) is 1.17. The SMILES string of the molecule is Cn1ncc(CS(=O)(=O)F)n1. The Morgan fingerprint density at radius 1 is 1.73 bits per heavy atom. The van der Waals surface area contributed by atoms with Gasteiger partial charge in [0.15, 0.2) is 0 Å². The first kappa shape index (κ1) is 8.12. The van der Waals surface area contributed by atoms with Gasteiger partial charge in [0.25, 0.3) is 0 Å². The van der Waals surface area contributed by atoms with Crippen LogP contribution >= 0.6 is 0 Å². The smallest absolute Gasteiger partial charge is 0.194 e. The molecule has 7 heteroatoms. The van der Waals surface area contributed by atoms with Crippen molar-refractivity contribution in [3.05, 3.63) is 11.9 Å². The molecule has 1 aromatic heterocycles. The Kier molecular flexibility index (Phi) is 1.90. The first-order valence-corrected chi connectivity index (χ1v) is 4.30. The Hall–Kier alpha value is -0.980. The molecular formula is C4H6FN3O2S. The van der Waals surface area contributed by atoms with Gasteiger partial charge in [-0.25, -0.2) is 0 Å². The van der Waals surface area contributed by atoms with E-state index in [0.717, 1.165) is 0 Å². The molecule has 0 saturated heterocycles. The number of nitrogens with zero attached hydrogens (tertiary/aromatic N) is 3. The van der Waals surface area contributed by atoms with E-state index in [0.29, 0.717) is 0 Å². The predicted octanol–water partition coefficient (Wildman–Crippen LogP) is -0.386. The molecule has 5 nitrogen and oxygen atoms in total. The van der Waals surface area contributed by atoms with Crippen molar-refractivity contribution in [3.63, 3.8) is 0 Å². The molecule has 0 aliphatic heterocycles. The van der Waals surface area contributed by atoms with E-state index in [4.69, 9.17) is 0 Å². The zero-order valence-corrected chi connectivity index (χ0v) is 6.55. The highest BCUT2D eigenvalue weighted by Gasteiger charge is 2.10. The van der Waals surface area contributed by atoms with Crippen molar-refractivity contribution in [2.24, 2.45) is 7.05 Å². The van der Waals surface area contributed by atoms with Crippen LogP contribution in [0.3, 0.4) is 0 Å². The third-order valence-electron chi connectivity index (χ3n) is 0.967. The molecule has 0 amide bonds. The van der Waals surface area contributed by atoms with Crippen LogP contribution in [0.25, 0.3) is 0 Å². The van der Waals surface area contributed by atoms with Crippen LogP contribution in [0.1, 0.15) is 5.69 Å². The Balaban J connectivity index is 2.81. The minimum Gasteiger partial charge on any atom is -0.194 e. The molecule has 11 heavy (non-hydrogen) atoms. The lowest BCUT2D eigenvalue weighted by Gasteiger charge is -1.86. The first-order chi connectivity index (χ1) is 4.97. The number of halogens is 1. The molecule has 0 saturated carbocycles. The molecule has 0 aliphatic rings. The molecule has 0 atom stereocenters. The van der Waals surface area contributed by atoms with Crippen molar-refractivity contribution < 1.29 is 12.3 Å². The molecule has 0 aliphatic carbocycles. The normalized spacial score (nSPS) is 11.8. The summed E-state index contributed by atoms with van der Waals surface area (Å²) in [6.07, 6.45) is 1.21. The molecule has 0 bridgehead atoms. The van der Waals surface area contributed by atoms with E-state index in [1.54, 1.807) is 0 Å². The van der Waals surface area contributed by atoms with Gasteiger partial charge in [-0.15, -0.1) is 3.89 Å². The summed E-state index contributed by atoms with van der Waals surface area (Å²) in [6.45, 7) is 0. The lowest BCUT2D eigenvalue weighted by molar-refractivity contribution is 0.549. The molecule has 0 N–H and O–H groups in total. The fourth-order valence-corrected chi connectivity index (χ4v) is 1.12. The number of aryl methyl sites for hydroxylation is 1. The largest absolute Gasteiger partial charge is 0.308 e. The lowest BCUT2D eigenvalue weighted by atomic mass is 10.6. The van der Waals surface area contributed by atoms with Crippen molar-refractivity contribution in [3.8, 4) is 0 Å². The fourth-order valence-electron chi connectivity index (χ4n) is 0.631. The molecule has 62 valence electrons.